The van der Waals surface area contributed by atoms with Crippen LogP contribution in [-0.4, -0.2) is 58.1 Å². The summed E-state index contributed by atoms with van der Waals surface area (Å²) in [6, 6.07) is 0.652. The lowest BCUT2D eigenvalue weighted by atomic mass is 10.0. The Morgan fingerprint density at radius 3 is 2.52 bits per heavy atom. The number of rotatable bonds is 3. The summed E-state index contributed by atoms with van der Waals surface area (Å²) in [6.07, 6.45) is 5.54. The van der Waals surface area contributed by atoms with Gasteiger partial charge in [0.1, 0.15) is 0 Å². The molecule has 6 heteroatoms. The number of amides is 1. The molecule has 2 aliphatic heterocycles. The van der Waals surface area contributed by atoms with E-state index in [0.717, 1.165) is 38.0 Å². The van der Waals surface area contributed by atoms with Crippen LogP contribution in [0.2, 0.25) is 0 Å². The van der Waals surface area contributed by atoms with E-state index >= 15 is 0 Å². The van der Waals surface area contributed by atoms with E-state index in [4.69, 9.17) is 5.73 Å². The van der Waals surface area contributed by atoms with Crippen LogP contribution in [0.3, 0.4) is 0 Å². The molecule has 1 aromatic heterocycles. The van der Waals surface area contributed by atoms with E-state index in [2.05, 4.69) is 15.1 Å². The number of nitrogens with zero attached hydrogens (tertiary/aromatic N) is 3. The number of aryl methyl sites for hydroxylation is 1. The quantitative estimate of drug-likeness (QED) is 0.878. The fourth-order valence-corrected chi connectivity index (χ4v) is 3.51. The third-order valence-electron chi connectivity index (χ3n) is 4.85. The number of nitrogens with one attached hydrogen (secondary N) is 1. The van der Waals surface area contributed by atoms with Crippen molar-refractivity contribution in [3.8, 4) is 0 Å². The van der Waals surface area contributed by atoms with Crippen molar-refractivity contribution in [3.05, 3.63) is 11.4 Å². The molecule has 0 spiro atoms. The van der Waals surface area contributed by atoms with Gasteiger partial charge in [0.15, 0.2) is 5.69 Å². The van der Waals surface area contributed by atoms with Crippen LogP contribution < -0.4 is 5.73 Å². The number of carbonyl (C=O) groups excluding carboxylic acids is 1. The van der Waals surface area contributed by atoms with Crippen molar-refractivity contribution in [2.24, 2.45) is 0 Å². The maximum absolute atomic E-state index is 12.5. The van der Waals surface area contributed by atoms with Gasteiger partial charge in [-0.15, -0.1) is 0 Å². The molecule has 3 heterocycles. The molecule has 2 aliphatic rings. The average Bonchev–Trinajstić information content (AvgIpc) is 3.16. The van der Waals surface area contributed by atoms with Crippen LogP contribution in [0.1, 0.15) is 48.8 Å². The Morgan fingerprint density at radius 1 is 1.29 bits per heavy atom. The van der Waals surface area contributed by atoms with Gasteiger partial charge in [-0.2, -0.15) is 5.10 Å². The molecule has 21 heavy (non-hydrogen) atoms. The highest BCUT2D eigenvalue weighted by Gasteiger charge is 2.30. The average molecular weight is 291 g/mol. The fourth-order valence-electron chi connectivity index (χ4n) is 3.51. The molecular weight excluding hydrogens is 266 g/mol. The standard InChI is InChI=1S/C15H25N5O/c1-2-12-13(16)14(18-17-12)15(21)20-9-5-11(6-10-20)19-7-3-4-8-19/h11H,2-10,16H2,1H3,(H,17,18). The molecule has 0 aromatic carbocycles. The van der Waals surface area contributed by atoms with Gasteiger partial charge in [0.2, 0.25) is 0 Å². The predicted octanol–water partition coefficient (Wildman–Crippen LogP) is 1.25. The van der Waals surface area contributed by atoms with Gasteiger partial charge < -0.3 is 15.5 Å². The molecule has 1 aromatic rings. The number of piperidine rings is 1. The summed E-state index contributed by atoms with van der Waals surface area (Å²) in [6.45, 7) is 6.08. The number of hydrogen-bond acceptors (Lipinski definition) is 4. The number of nitrogen functional groups attached to an aromatic ring is 1. The summed E-state index contributed by atoms with van der Waals surface area (Å²) >= 11 is 0. The summed E-state index contributed by atoms with van der Waals surface area (Å²) < 4.78 is 0. The fraction of sp³-hybridized carbons (Fsp3) is 0.733. The van der Waals surface area contributed by atoms with Crippen molar-refractivity contribution in [3.63, 3.8) is 0 Å². The van der Waals surface area contributed by atoms with Crippen LogP contribution in [0.25, 0.3) is 0 Å². The molecule has 0 radical (unpaired) electrons. The lowest BCUT2D eigenvalue weighted by molar-refractivity contribution is 0.0640. The molecular formula is C15H25N5O. The number of nitrogens with two attached hydrogens (primary N) is 1. The van der Waals surface area contributed by atoms with E-state index in [1.54, 1.807) is 0 Å². The monoisotopic (exact) mass is 291 g/mol. The third kappa shape index (κ3) is 2.77. The number of hydrogen-bond donors (Lipinski definition) is 2. The Labute approximate surface area is 125 Å². The minimum atomic E-state index is -0.0247. The first kappa shape index (κ1) is 14.4. The molecule has 0 atom stereocenters. The van der Waals surface area contributed by atoms with Crippen LogP contribution in [0.4, 0.5) is 5.69 Å². The lowest BCUT2D eigenvalue weighted by Crippen LogP contribution is -2.46. The van der Waals surface area contributed by atoms with Gasteiger partial charge in [-0.1, -0.05) is 6.92 Å². The summed E-state index contributed by atoms with van der Waals surface area (Å²) in [5.74, 6) is -0.0247. The summed E-state index contributed by atoms with van der Waals surface area (Å²) in [7, 11) is 0. The molecule has 2 saturated heterocycles. The van der Waals surface area contributed by atoms with Gasteiger partial charge in [-0.3, -0.25) is 9.89 Å². The first-order valence-corrected chi connectivity index (χ1v) is 8.06. The van der Waals surface area contributed by atoms with Crippen LogP contribution in [0.15, 0.2) is 0 Å². The van der Waals surface area contributed by atoms with E-state index in [-0.39, 0.29) is 5.91 Å². The Kier molecular flexibility index (Phi) is 4.14. The maximum atomic E-state index is 12.5. The van der Waals surface area contributed by atoms with E-state index in [1.807, 2.05) is 11.8 Å². The molecule has 0 aliphatic carbocycles. The highest BCUT2D eigenvalue weighted by Crippen LogP contribution is 2.23. The molecule has 116 valence electrons. The molecule has 3 N–H and O–H groups in total. The van der Waals surface area contributed by atoms with Gasteiger partial charge in [0, 0.05) is 19.1 Å². The minimum absolute atomic E-state index is 0.0247. The molecule has 0 saturated carbocycles. The molecule has 0 unspecified atom stereocenters. The largest absolute Gasteiger partial charge is 0.395 e. The summed E-state index contributed by atoms with van der Waals surface area (Å²) in [4.78, 5) is 17.0. The van der Waals surface area contributed by atoms with E-state index in [9.17, 15) is 4.79 Å². The van der Waals surface area contributed by atoms with Crippen LogP contribution in [-0.2, 0) is 6.42 Å². The number of H-pyrrole nitrogens is 1. The maximum Gasteiger partial charge on any atom is 0.276 e. The van der Waals surface area contributed by atoms with Gasteiger partial charge in [-0.25, -0.2) is 0 Å². The molecule has 0 bridgehead atoms. The smallest absolute Gasteiger partial charge is 0.276 e. The molecule has 1 amide bonds. The number of aromatic nitrogens is 2. The third-order valence-corrected chi connectivity index (χ3v) is 4.85. The van der Waals surface area contributed by atoms with Crippen LogP contribution in [0.5, 0.6) is 0 Å². The van der Waals surface area contributed by atoms with Crippen molar-refractivity contribution in [1.29, 1.82) is 0 Å². The zero-order valence-electron chi connectivity index (χ0n) is 12.8. The summed E-state index contributed by atoms with van der Waals surface area (Å²) in [5.41, 5.74) is 7.76. The topological polar surface area (TPSA) is 78.2 Å². The molecule has 6 nitrogen and oxygen atoms in total. The lowest BCUT2D eigenvalue weighted by Gasteiger charge is -2.36. The Balaban J connectivity index is 1.60. The highest BCUT2D eigenvalue weighted by atomic mass is 16.2. The predicted molar refractivity (Wildman–Crippen MR) is 82.1 cm³/mol. The normalized spacial score (nSPS) is 21.1. The van der Waals surface area contributed by atoms with Crippen molar-refractivity contribution >= 4 is 11.6 Å². The number of likely N-dealkylation sites (tertiary alicyclic amines) is 2. The number of anilines is 1. The zero-order chi connectivity index (χ0) is 14.8. The molecule has 2 fully saturated rings. The first-order chi connectivity index (χ1) is 10.2. The van der Waals surface area contributed by atoms with Crippen molar-refractivity contribution in [1.82, 2.24) is 20.0 Å². The number of aromatic amines is 1. The Morgan fingerprint density at radius 2 is 1.95 bits per heavy atom. The van der Waals surface area contributed by atoms with Gasteiger partial charge in [0.05, 0.1) is 11.4 Å². The minimum Gasteiger partial charge on any atom is -0.395 e. The number of carbonyl (C=O) groups is 1. The van der Waals surface area contributed by atoms with E-state index < -0.39 is 0 Å². The second kappa shape index (κ2) is 6.05. The Hall–Kier alpha value is -1.56. The second-order valence-electron chi connectivity index (χ2n) is 6.08. The zero-order valence-corrected chi connectivity index (χ0v) is 12.8. The highest BCUT2D eigenvalue weighted by molar-refractivity contribution is 5.97. The van der Waals surface area contributed by atoms with Crippen molar-refractivity contribution in [2.75, 3.05) is 31.9 Å². The Bertz CT molecular complexity index is 498. The van der Waals surface area contributed by atoms with Crippen molar-refractivity contribution in [2.45, 2.75) is 45.1 Å². The van der Waals surface area contributed by atoms with Gasteiger partial charge in [0.25, 0.3) is 5.91 Å². The second-order valence-corrected chi connectivity index (χ2v) is 6.08. The van der Waals surface area contributed by atoms with Gasteiger partial charge >= 0.3 is 0 Å². The van der Waals surface area contributed by atoms with E-state index in [1.165, 1.54) is 25.9 Å². The summed E-state index contributed by atoms with van der Waals surface area (Å²) in [5, 5.41) is 6.97. The van der Waals surface area contributed by atoms with Crippen LogP contribution >= 0.6 is 0 Å². The van der Waals surface area contributed by atoms with Crippen LogP contribution in [0, 0.1) is 0 Å². The molecule has 3 rings (SSSR count). The van der Waals surface area contributed by atoms with Gasteiger partial charge in [-0.05, 0) is 45.2 Å². The van der Waals surface area contributed by atoms with E-state index in [0.29, 0.717) is 17.4 Å². The SMILES string of the molecule is CCc1[nH]nc(C(=O)N2CCC(N3CCCC3)CC2)c1N. The first-order valence-electron chi connectivity index (χ1n) is 8.06. The van der Waals surface area contributed by atoms with Crippen molar-refractivity contribution < 1.29 is 4.79 Å².